The maximum atomic E-state index is 14.0. The molecule has 0 bridgehead atoms. The van der Waals surface area contributed by atoms with Crippen LogP contribution < -0.4 is 10.1 Å². The molecule has 0 aliphatic carbocycles. The molecule has 6 nitrogen and oxygen atoms in total. The second-order valence-corrected chi connectivity index (χ2v) is 11.9. The largest absolute Gasteiger partial charge is 0.492 e. The van der Waals surface area contributed by atoms with Crippen molar-refractivity contribution in [2.45, 2.75) is 44.8 Å². The van der Waals surface area contributed by atoms with E-state index in [1.54, 1.807) is 0 Å². The van der Waals surface area contributed by atoms with E-state index < -0.39 is 21.6 Å². The Morgan fingerprint density at radius 2 is 1.79 bits per heavy atom. The van der Waals surface area contributed by atoms with E-state index in [0.29, 0.717) is 26.0 Å². The molecule has 0 aromatic heterocycles. The molecule has 0 spiro atoms. The summed E-state index contributed by atoms with van der Waals surface area (Å²) >= 11 is 5.98. The van der Waals surface area contributed by atoms with Crippen LogP contribution in [0, 0.1) is 11.7 Å². The van der Waals surface area contributed by atoms with Crippen molar-refractivity contribution >= 4 is 27.5 Å². The van der Waals surface area contributed by atoms with Crippen molar-refractivity contribution in [3.63, 3.8) is 0 Å². The van der Waals surface area contributed by atoms with Gasteiger partial charge in [0.05, 0.1) is 12.3 Å². The zero-order chi connectivity index (χ0) is 24.9. The fourth-order valence-corrected chi connectivity index (χ4v) is 5.80. The van der Waals surface area contributed by atoms with Gasteiger partial charge in [-0.25, -0.2) is 17.1 Å². The summed E-state index contributed by atoms with van der Waals surface area (Å²) in [6, 6.07) is 12.0. The number of hydrogen-bond donors (Lipinski definition) is 1. The molecule has 9 heteroatoms. The molecule has 3 rings (SSSR count). The number of carbonyl (C=O) groups is 1. The van der Waals surface area contributed by atoms with Crippen LogP contribution in [0.1, 0.15) is 44.7 Å². The number of hydrogen-bond acceptors (Lipinski definition) is 4. The predicted molar refractivity (Wildman–Crippen MR) is 132 cm³/mol. The highest BCUT2D eigenvalue weighted by atomic mass is 35.5. The fourth-order valence-electron chi connectivity index (χ4n) is 3.88. The first-order valence-corrected chi connectivity index (χ1v) is 13.4. The van der Waals surface area contributed by atoms with Gasteiger partial charge in [0.2, 0.25) is 15.9 Å². The first kappa shape index (κ1) is 26.4. The van der Waals surface area contributed by atoms with Crippen molar-refractivity contribution in [2.75, 3.05) is 26.2 Å². The lowest BCUT2D eigenvalue weighted by Gasteiger charge is -2.30. The monoisotopic (exact) mass is 510 g/mol. The van der Waals surface area contributed by atoms with Crippen LogP contribution in [-0.2, 0) is 26.0 Å². The summed E-state index contributed by atoms with van der Waals surface area (Å²) in [5, 5.41) is 2.96. The van der Waals surface area contributed by atoms with Crippen LogP contribution in [0.2, 0.25) is 5.02 Å². The molecule has 2 aromatic rings. The molecule has 1 aliphatic heterocycles. The summed E-state index contributed by atoms with van der Waals surface area (Å²) in [6.07, 6.45) is 0.816. The second kappa shape index (κ2) is 11.1. The van der Waals surface area contributed by atoms with E-state index in [1.165, 1.54) is 28.1 Å². The Labute approximate surface area is 206 Å². The third-order valence-electron chi connectivity index (χ3n) is 6.00. The van der Waals surface area contributed by atoms with Gasteiger partial charge in [0, 0.05) is 29.6 Å². The van der Waals surface area contributed by atoms with Crippen LogP contribution in [-0.4, -0.2) is 44.9 Å². The highest BCUT2D eigenvalue weighted by Gasteiger charge is 2.32. The Morgan fingerprint density at radius 1 is 1.15 bits per heavy atom. The zero-order valence-electron chi connectivity index (χ0n) is 19.8. The number of amides is 1. The van der Waals surface area contributed by atoms with Crippen LogP contribution in [0.4, 0.5) is 4.39 Å². The van der Waals surface area contributed by atoms with Crippen LogP contribution >= 0.6 is 11.6 Å². The van der Waals surface area contributed by atoms with Gasteiger partial charge in [-0.2, -0.15) is 0 Å². The number of ether oxygens (including phenoxy) is 1. The Kier molecular flexibility index (Phi) is 8.60. The Bertz CT molecular complexity index is 1070. The van der Waals surface area contributed by atoms with Crippen LogP contribution in [0.3, 0.4) is 0 Å². The molecule has 0 radical (unpaired) electrons. The lowest BCUT2D eigenvalue weighted by atomic mass is 9.87. The van der Waals surface area contributed by atoms with E-state index >= 15 is 0 Å². The predicted octanol–water partition coefficient (Wildman–Crippen LogP) is 4.51. The van der Waals surface area contributed by atoms with Gasteiger partial charge in [-0.3, -0.25) is 4.79 Å². The van der Waals surface area contributed by atoms with Gasteiger partial charge in [-0.1, -0.05) is 50.6 Å². The number of benzene rings is 2. The highest BCUT2D eigenvalue weighted by Crippen LogP contribution is 2.26. The molecule has 0 unspecified atom stereocenters. The number of carbonyl (C=O) groups excluding carboxylic acids is 1. The van der Waals surface area contributed by atoms with Crippen molar-refractivity contribution in [3.8, 4) is 5.75 Å². The van der Waals surface area contributed by atoms with Crippen molar-refractivity contribution in [1.29, 1.82) is 0 Å². The van der Waals surface area contributed by atoms with Gasteiger partial charge < -0.3 is 10.1 Å². The van der Waals surface area contributed by atoms with Gasteiger partial charge in [0.25, 0.3) is 0 Å². The molecule has 1 amide bonds. The van der Waals surface area contributed by atoms with Crippen LogP contribution in [0.25, 0.3) is 0 Å². The summed E-state index contributed by atoms with van der Waals surface area (Å²) < 4.78 is 46.5. The van der Waals surface area contributed by atoms with Crippen LogP contribution in [0.15, 0.2) is 42.5 Å². The summed E-state index contributed by atoms with van der Waals surface area (Å²) in [7, 11) is -3.74. The van der Waals surface area contributed by atoms with Gasteiger partial charge in [-0.15, -0.1) is 0 Å². The number of piperidine rings is 1. The van der Waals surface area contributed by atoms with E-state index in [-0.39, 0.29) is 40.9 Å². The first-order chi connectivity index (χ1) is 16.0. The smallest absolute Gasteiger partial charge is 0.223 e. The zero-order valence-corrected chi connectivity index (χ0v) is 21.4. The highest BCUT2D eigenvalue weighted by molar-refractivity contribution is 7.88. The van der Waals surface area contributed by atoms with Crippen molar-refractivity contribution in [3.05, 3.63) is 64.4 Å². The third-order valence-corrected chi connectivity index (χ3v) is 8.16. The summed E-state index contributed by atoms with van der Waals surface area (Å²) in [4.78, 5) is 12.5. The summed E-state index contributed by atoms with van der Waals surface area (Å²) in [5.41, 5.74) is 1.27. The number of sulfonamides is 1. The van der Waals surface area contributed by atoms with E-state index in [9.17, 15) is 17.6 Å². The van der Waals surface area contributed by atoms with Crippen molar-refractivity contribution in [2.24, 2.45) is 5.92 Å². The second-order valence-electron chi connectivity index (χ2n) is 9.54. The summed E-state index contributed by atoms with van der Waals surface area (Å²) in [5.74, 6) is -0.771. The van der Waals surface area contributed by atoms with Crippen LogP contribution in [0.5, 0.6) is 5.75 Å². The van der Waals surface area contributed by atoms with E-state index in [0.717, 1.165) is 5.75 Å². The Hall–Kier alpha value is -2.16. The number of nitrogens with zero attached hydrogens (tertiary/aromatic N) is 1. The molecule has 186 valence electrons. The SMILES string of the molecule is CC(C)(C)c1ccc(OCCNC(=O)C2CCN(S(=O)(=O)Cc3c(F)cccc3Cl)CC2)cc1. The number of halogens is 2. The Balaban J connectivity index is 1.42. The minimum Gasteiger partial charge on any atom is -0.492 e. The van der Waals surface area contributed by atoms with Gasteiger partial charge in [0.1, 0.15) is 18.2 Å². The topological polar surface area (TPSA) is 75.7 Å². The minimum absolute atomic E-state index is 0.0305. The fraction of sp³-hybridized carbons (Fsp3) is 0.480. The average molecular weight is 511 g/mol. The van der Waals surface area contributed by atoms with E-state index in [1.807, 2.05) is 24.3 Å². The normalized spacial score (nSPS) is 15.8. The molecule has 1 fully saturated rings. The average Bonchev–Trinajstić information content (AvgIpc) is 2.79. The summed E-state index contributed by atoms with van der Waals surface area (Å²) in [6.45, 7) is 7.58. The molecule has 1 aliphatic rings. The maximum absolute atomic E-state index is 14.0. The molecular formula is C25H32ClFN2O4S. The molecule has 0 atom stereocenters. The van der Waals surface area contributed by atoms with Gasteiger partial charge >= 0.3 is 0 Å². The van der Waals surface area contributed by atoms with E-state index in [4.69, 9.17) is 16.3 Å². The van der Waals surface area contributed by atoms with E-state index in [2.05, 4.69) is 26.1 Å². The molecular weight excluding hydrogens is 479 g/mol. The quantitative estimate of drug-likeness (QED) is 0.530. The molecule has 0 saturated carbocycles. The first-order valence-electron chi connectivity index (χ1n) is 11.4. The molecule has 1 N–H and O–H groups in total. The lowest BCUT2D eigenvalue weighted by Crippen LogP contribution is -2.44. The number of rotatable bonds is 8. The molecule has 1 heterocycles. The number of nitrogens with one attached hydrogen (secondary N) is 1. The standard InChI is InChI=1S/C25H32ClFN2O4S/c1-25(2,3)19-7-9-20(10-8-19)33-16-13-28-24(30)18-11-14-29(15-12-18)34(31,32)17-21-22(26)5-4-6-23(21)27/h4-10,18H,11-17H2,1-3H3,(H,28,30). The lowest BCUT2D eigenvalue weighted by molar-refractivity contribution is -0.126. The van der Waals surface area contributed by atoms with Gasteiger partial charge in [0.15, 0.2) is 0 Å². The Morgan fingerprint density at radius 3 is 2.38 bits per heavy atom. The van der Waals surface area contributed by atoms with Gasteiger partial charge in [-0.05, 0) is 48.1 Å². The minimum atomic E-state index is -3.74. The maximum Gasteiger partial charge on any atom is 0.223 e. The molecule has 2 aromatic carbocycles. The van der Waals surface area contributed by atoms with Crippen molar-refractivity contribution in [1.82, 2.24) is 9.62 Å². The third kappa shape index (κ3) is 6.93. The van der Waals surface area contributed by atoms with Crippen molar-refractivity contribution < 1.29 is 22.3 Å². The molecule has 1 saturated heterocycles. The molecule has 34 heavy (non-hydrogen) atoms.